The zero-order chi connectivity index (χ0) is 5.70. The third-order valence-corrected chi connectivity index (χ3v) is 0.909. The molecule has 40 valence electrons. The van der Waals surface area contributed by atoms with Crippen molar-refractivity contribution in [1.82, 2.24) is 0 Å². The lowest BCUT2D eigenvalue weighted by Crippen LogP contribution is -1.99. The minimum absolute atomic E-state index is 0.431. The second-order valence-electron chi connectivity index (χ2n) is 0.991. The highest BCUT2D eigenvalue weighted by Gasteiger charge is 1.85. The first-order valence-corrected chi connectivity index (χ1v) is 2.50. The Kier molecular flexibility index (Phi) is 3.69. The molecule has 0 bridgehead atoms. The monoisotopic (exact) mass is 117 g/mol. The van der Waals surface area contributed by atoms with Crippen LogP contribution in [0.5, 0.6) is 0 Å². The van der Waals surface area contributed by atoms with Gasteiger partial charge in [-0.25, -0.2) is 0 Å². The van der Waals surface area contributed by atoms with E-state index in [0.29, 0.717) is 17.8 Å². The van der Waals surface area contributed by atoms with Crippen molar-refractivity contribution < 1.29 is 4.79 Å². The molecule has 0 aromatic rings. The summed E-state index contributed by atoms with van der Waals surface area (Å²) in [6.45, 7) is 0. The quantitative estimate of drug-likeness (QED) is 0.312. The van der Waals surface area contributed by atoms with Crippen LogP contribution in [0.2, 0.25) is 0 Å². The molecule has 0 amide bonds. The van der Waals surface area contributed by atoms with Crippen LogP contribution in [-0.2, 0) is 4.79 Å². The topological polar surface area (TPSA) is 29.4 Å². The molecule has 0 aliphatic rings. The minimum Gasteiger partial charge on any atom is -0.297 e. The Labute approximate surface area is 48.0 Å². The fourth-order valence-electron chi connectivity index (χ4n) is 0.161. The van der Waals surface area contributed by atoms with Crippen molar-refractivity contribution in [2.75, 3.05) is 12.8 Å². The summed E-state index contributed by atoms with van der Waals surface area (Å²) in [7, 11) is 1.57. The molecule has 0 aromatic carbocycles. The van der Waals surface area contributed by atoms with Crippen LogP contribution >= 0.6 is 12.6 Å². The minimum atomic E-state index is 0.431. The normalized spacial score (nSPS) is 11.4. The number of aldehydes is 1. The molecular weight excluding hydrogens is 110 g/mol. The van der Waals surface area contributed by atoms with Gasteiger partial charge in [-0.15, -0.1) is 0 Å². The Hall–Kier alpha value is -0.310. The fourth-order valence-corrected chi connectivity index (χ4v) is 0.377. The summed E-state index contributed by atoms with van der Waals surface area (Å²) in [5.41, 5.74) is 0.489. The van der Waals surface area contributed by atoms with Crippen LogP contribution in [0.15, 0.2) is 4.99 Å². The predicted octanol–water partition coefficient (Wildman–Crippen LogP) is 0.186. The summed E-state index contributed by atoms with van der Waals surface area (Å²) < 4.78 is 0. The van der Waals surface area contributed by atoms with Crippen LogP contribution in [0, 0.1) is 0 Å². The van der Waals surface area contributed by atoms with E-state index in [1.54, 1.807) is 7.05 Å². The first-order valence-electron chi connectivity index (χ1n) is 1.86. The Morgan fingerprint density at radius 3 is 2.57 bits per heavy atom. The molecule has 0 radical (unpaired) electrons. The van der Waals surface area contributed by atoms with Crippen LogP contribution in [0.1, 0.15) is 0 Å². The lowest BCUT2D eigenvalue weighted by Gasteiger charge is -1.82. The molecule has 3 heteroatoms. The van der Waals surface area contributed by atoms with Crippen molar-refractivity contribution >= 4 is 24.6 Å². The molecule has 0 saturated carbocycles. The molecule has 0 spiro atoms. The number of hydrogen-bond acceptors (Lipinski definition) is 3. The maximum absolute atomic E-state index is 9.79. The molecular formula is C4H7NOS. The molecule has 0 atom stereocenters. The summed E-state index contributed by atoms with van der Waals surface area (Å²) in [6.07, 6.45) is 0.701. The Bertz CT molecular complexity index is 89.7. The van der Waals surface area contributed by atoms with E-state index in [9.17, 15) is 4.79 Å². The van der Waals surface area contributed by atoms with E-state index < -0.39 is 0 Å². The van der Waals surface area contributed by atoms with Crippen LogP contribution in [0.4, 0.5) is 0 Å². The van der Waals surface area contributed by atoms with Gasteiger partial charge in [0.05, 0.1) is 5.71 Å². The molecule has 0 heterocycles. The zero-order valence-corrected chi connectivity index (χ0v) is 4.98. The van der Waals surface area contributed by atoms with E-state index in [4.69, 9.17) is 0 Å². The van der Waals surface area contributed by atoms with E-state index in [-0.39, 0.29) is 0 Å². The lowest BCUT2D eigenvalue weighted by atomic mass is 10.5. The number of rotatable bonds is 2. The number of thiol groups is 1. The lowest BCUT2D eigenvalue weighted by molar-refractivity contribution is -0.102. The van der Waals surface area contributed by atoms with E-state index in [2.05, 4.69) is 17.6 Å². The summed E-state index contributed by atoms with van der Waals surface area (Å²) in [5.74, 6) is 0.431. The van der Waals surface area contributed by atoms with Crippen LogP contribution in [-0.4, -0.2) is 24.8 Å². The first-order chi connectivity index (χ1) is 3.35. The molecule has 0 aliphatic heterocycles. The number of nitrogens with zero attached hydrogens (tertiary/aromatic N) is 1. The van der Waals surface area contributed by atoms with Gasteiger partial charge in [-0.1, -0.05) is 0 Å². The van der Waals surface area contributed by atoms with Gasteiger partial charge in [-0.05, 0) is 0 Å². The van der Waals surface area contributed by atoms with Gasteiger partial charge >= 0.3 is 0 Å². The Balaban J connectivity index is 3.60. The zero-order valence-electron chi connectivity index (χ0n) is 4.09. The highest BCUT2D eigenvalue weighted by molar-refractivity contribution is 7.81. The van der Waals surface area contributed by atoms with Gasteiger partial charge < -0.3 is 0 Å². The SMILES string of the molecule is CN=C(C=O)CS. The van der Waals surface area contributed by atoms with Crippen LogP contribution < -0.4 is 0 Å². The van der Waals surface area contributed by atoms with Gasteiger partial charge in [-0.3, -0.25) is 9.79 Å². The molecule has 0 saturated heterocycles. The first kappa shape index (κ1) is 6.69. The smallest absolute Gasteiger partial charge is 0.164 e. The number of carbonyl (C=O) groups excluding carboxylic acids is 1. The number of aliphatic imine (C=N–C) groups is 1. The van der Waals surface area contributed by atoms with E-state index in [1.807, 2.05) is 0 Å². The van der Waals surface area contributed by atoms with Crippen molar-refractivity contribution in [3.63, 3.8) is 0 Å². The highest BCUT2D eigenvalue weighted by Crippen LogP contribution is 1.74. The molecule has 0 N–H and O–H groups in total. The van der Waals surface area contributed by atoms with E-state index >= 15 is 0 Å². The van der Waals surface area contributed by atoms with Crippen LogP contribution in [0.25, 0.3) is 0 Å². The predicted molar refractivity (Wildman–Crippen MR) is 33.3 cm³/mol. The maximum Gasteiger partial charge on any atom is 0.164 e. The van der Waals surface area contributed by atoms with Gasteiger partial charge in [0.2, 0.25) is 0 Å². The van der Waals surface area contributed by atoms with Gasteiger partial charge in [0, 0.05) is 12.8 Å². The van der Waals surface area contributed by atoms with Gasteiger partial charge in [-0.2, -0.15) is 12.6 Å². The Morgan fingerprint density at radius 2 is 2.57 bits per heavy atom. The maximum atomic E-state index is 9.79. The third-order valence-electron chi connectivity index (χ3n) is 0.585. The molecule has 0 fully saturated rings. The van der Waals surface area contributed by atoms with Gasteiger partial charge in [0.15, 0.2) is 6.29 Å². The second-order valence-corrected chi connectivity index (χ2v) is 1.31. The van der Waals surface area contributed by atoms with Crippen molar-refractivity contribution in [2.24, 2.45) is 4.99 Å². The summed E-state index contributed by atoms with van der Waals surface area (Å²) in [5, 5.41) is 0. The summed E-state index contributed by atoms with van der Waals surface area (Å²) >= 11 is 3.81. The molecule has 0 unspecified atom stereocenters. The van der Waals surface area contributed by atoms with Crippen molar-refractivity contribution in [2.45, 2.75) is 0 Å². The largest absolute Gasteiger partial charge is 0.297 e. The number of hydrogen-bond donors (Lipinski definition) is 1. The second kappa shape index (κ2) is 3.87. The van der Waals surface area contributed by atoms with Gasteiger partial charge in [0.1, 0.15) is 0 Å². The third kappa shape index (κ3) is 2.39. The van der Waals surface area contributed by atoms with E-state index in [0.717, 1.165) is 0 Å². The molecule has 7 heavy (non-hydrogen) atoms. The van der Waals surface area contributed by atoms with Gasteiger partial charge in [0.25, 0.3) is 0 Å². The average Bonchev–Trinajstić information content (AvgIpc) is 1.72. The van der Waals surface area contributed by atoms with Crippen molar-refractivity contribution in [3.8, 4) is 0 Å². The molecule has 0 rings (SSSR count). The highest BCUT2D eigenvalue weighted by atomic mass is 32.1. The molecule has 2 nitrogen and oxygen atoms in total. The fraction of sp³-hybridized carbons (Fsp3) is 0.500. The standard InChI is InChI=1S/C4H7NOS/c1-5-4(2-6)3-7/h2,7H,3H2,1H3. The van der Waals surface area contributed by atoms with E-state index in [1.165, 1.54) is 0 Å². The number of carbonyl (C=O) groups is 1. The van der Waals surface area contributed by atoms with Crippen molar-refractivity contribution in [3.05, 3.63) is 0 Å². The summed E-state index contributed by atoms with van der Waals surface area (Å²) in [6, 6.07) is 0. The van der Waals surface area contributed by atoms with Crippen molar-refractivity contribution in [1.29, 1.82) is 0 Å². The Morgan fingerprint density at radius 1 is 2.00 bits per heavy atom. The molecule has 0 aromatic heterocycles. The summed E-state index contributed by atoms with van der Waals surface area (Å²) in [4.78, 5) is 13.4. The van der Waals surface area contributed by atoms with Crippen LogP contribution in [0.3, 0.4) is 0 Å². The molecule has 0 aliphatic carbocycles. The average molecular weight is 117 g/mol.